The van der Waals surface area contributed by atoms with Gasteiger partial charge in [-0.05, 0) is 37.4 Å². The molecule has 1 atom stereocenters. The van der Waals surface area contributed by atoms with Gasteiger partial charge in [0.15, 0.2) is 0 Å². The van der Waals surface area contributed by atoms with E-state index in [1.807, 2.05) is 18.3 Å². The Bertz CT molecular complexity index is 417. The van der Waals surface area contributed by atoms with Gasteiger partial charge in [-0.1, -0.05) is 18.2 Å². The van der Waals surface area contributed by atoms with Gasteiger partial charge in [-0.25, -0.2) is 0 Å². The number of aliphatic hydroxyl groups is 1. The molecule has 1 aromatic carbocycles. The first-order valence-electron chi connectivity index (χ1n) is 5.62. The second-order valence-electron chi connectivity index (χ2n) is 4.07. The molecule has 86 valence electrons. The fourth-order valence-electron chi connectivity index (χ4n) is 1.65. The van der Waals surface area contributed by atoms with Crippen molar-refractivity contribution in [3.05, 3.63) is 35.2 Å². The number of aliphatic hydroxyl groups excluding tert-OH is 1. The number of rotatable bonds is 5. The Labute approximate surface area is 99.9 Å². The topological polar surface area (TPSA) is 32.3 Å². The van der Waals surface area contributed by atoms with Crippen molar-refractivity contribution >= 4 is 21.4 Å². The van der Waals surface area contributed by atoms with Crippen molar-refractivity contribution in [2.24, 2.45) is 0 Å². The van der Waals surface area contributed by atoms with E-state index in [0.717, 1.165) is 19.5 Å². The van der Waals surface area contributed by atoms with Crippen LogP contribution in [0.25, 0.3) is 10.1 Å². The Balaban J connectivity index is 1.89. The smallest absolute Gasteiger partial charge is 0.0524 e. The fourth-order valence-corrected chi connectivity index (χ4v) is 2.68. The number of nitrogens with one attached hydrogen (secondary N) is 1. The molecule has 1 unspecified atom stereocenters. The molecule has 2 nitrogen and oxygen atoms in total. The molecule has 1 aromatic heterocycles. The van der Waals surface area contributed by atoms with E-state index in [-0.39, 0.29) is 6.10 Å². The maximum absolute atomic E-state index is 9.13. The molecule has 1 heterocycles. The Morgan fingerprint density at radius 1 is 1.38 bits per heavy atom. The molecule has 2 N–H and O–H groups in total. The average molecular weight is 235 g/mol. The van der Waals surface area contributed by atoms with Crippen LogP contribution in [0.5, 0.6) is 0 Å². The highest BCUT2D eigenvalue weighted by Crippen LogP contribution is 2.24. The van der Waals surface area contributed by atoms with Gasteiger partial charge < -0.3 is 10.4 Å². The maximum Gasteiger partial charge on any atom is 0.0524 e. The van der Waals surface area contributed by atoms with Crippen LogP contribution in [-0.4, -0.2) is 17.8 Å². The van der Waals surface area contributed by atoms with Gasteiger partial charge in [0, 0.05) is 16.1 Å². The zero-order valence-corrected chi connectivity index (χ0v) is 10.3. The average Bonchev–Trinajstić information content (AvgIpc) is 2.66. The summed E-state index contributed by atoms with van der Waals surface area (Å²) in [7, 11) is 0. The Hall–Kier alpha value is -0.900. The van der Waals surface area contributed by atoms with E-state index >= 15 is 0 Å². The highest BCUT2D eigenvalue weighted by molar-refractivity contribution is 7.19. The molecular formula is C13H17NOS. The van der Waals surface area contributed by atoms with E-state index in [1.165, 1.54) is 15.0 Å². The van der Waals surface area contributed by atoms with Gasteiger partial charge in [0.05, 0.1) is 6.10 Å². The third-order valence-corrected chi connectivity index (χ3v) is 3.63. The van der Waals surface area contributed by atoms with Crippen LogP contribution in [0.4, 0.5) is 0 Å². The molecule has 0 aliphatic heterocycles. The van der Waals surface area contributed by atoms with E-state index < -0.39 is 0 Å². The van der Waals surface area contributed by atoms with Crippen molar-refractivity contribution in [3.8, 4) is 0 Å². The third kappa shape index (κ3) is 3.04. The summed E-state index contributed by atoms with van der Waals surface area (Å²) < 4.78 is 1.34. The minimum atomic E-state index is -0.213. The van der Waals surface area contributed by atoms with Gasteiger partial charge in [0.25, 0.3) is 0 Å². The normalized spacial score (nSPS) is 13.1. The van der Waals surface area contributed by atoms with Gasteiger partial charge in [-0.3, -0.25) is 0 Å². The molecule has 0 spiro atoms. The first-order valence-corrected chi connectivity index (χ1v) is 6.43. The van der Waals surface area contributed by atoms with E-state index in [1.54, 1.807) is 0 Å². The van der Waals surface area contributed by atoms with Crippen molar-refractivity contribution in [2.45, 2.75) is 26.0 Å². The summed E-state index contributed by atoms with van der Waals surface area (Å²) in [6, 6.07) is 10.7. The fraction of sp³-hybridized carbons (Fsp3) is 0.385. The molecule has 0 aliphatic rings. The standard InChI is InChI=1S/C13H17NOS/c1-10(15)6-7-14-9-12-8-11-4-2-3-5-13(11)16-12/h2-5,8,10,14-15H,6-7,9H2,1H3. The summed E-state index contributed by atoms with van der Waals surface area (Å²) in [4.78, 5) is 1.35. The molecule has 0 saturated carbocycles. The van der Waals surface area contributed by atoms with E-state index in [9.17, 15) is 0 Å². The molecule has 2 rings (SSSR count). The molecule has 16 heavy (non-hydrogen) atoms. The summed E-state index contributed by atoms with van der Waals surface area (Å²) in [5, 5.41) is 13.8. The summed E-state index contributed by atoms with van der Waals surface area (Å²) in [6.45, 7) is 3.58. The second-order valence-corrected chi connectivity index (χ2v) is 5.23. The summed E-state index contributed by atoms with van der Waals surface area (Å²) >= 11 is 1.83. The Kier molecular flexibility index (Phi) is 3.93. The molecule has 0 bridgehead atoms. The SMILES string of the molecule is CC(O)CCNCc1cc2ccccc2s1. The van der Waals surface area contributed by atoms with Crippen molar-refractivity contribution in [3.63, 3.8) is 0 Å². The quantitative estimate of drug-likeness (QED) is 0.781. The lowest BCUT2D eigenvalue weighted by atomic mass is 10.2. The lowest BCUT2D eigenvalue weighted by molar-refractivity contribution is 0.183. The van der Waals surface area contributed by atoms with E-state index in [4.69, 9.17) is 5.11 Å². The Morgan fingerprint density at radius 3 is 2.94 bits per heavy atom. The summed E-state index contributed by atoms with van der Waals surface area (Å²) in [6.07, 6.45) is 0.597. The molecule has 0 radical (unpaired) electrons. The molecule has 0 aliphatic carbocycles. The van der Waals surface area contributed by atoms with Crippen LogP contribution in [-0.2, 0) is 6.54 Å². The minimum Gasteiger partial charge on any atom is -0.393 e. The molecular weight excluding hydrogens is 218 g/mol. The summed E-state index contributed by atoms with van der Waals surface area (Å²) in [5.41, 5.74) is 0. The monoisotopic (exact) mass is 235 g/mol. The minimum absolute atomic E-state index is 0.213. The van der Waals surface area contributed by atoms with Crippen LogP contribution in [0.15, 0.2) is 30.3 Å². The third-order valence-electron chi connectivity index (χ3n) is 2.51. The van der Waals surface area contributed by atoms with Gasteiger partial charge in [0.2, 0.25) is 0 Å². The van der Waals surface area contributed by atoms with Crippen molar-refractivity contribution in [1.29, 1.82) is 0 Å². The van der Waals surface area contributed by atoms with Gasteiger partial charge in [-0.2, -0.15) is 0 Å². The highest BCUT2D eigenvalue weighted by atomic mass is 32.1. The first-order chi connectivity index (χ1) is 7.75. The number of hydrogen-bond donors (Lipinski definition) is 2. The Morgan fingerprint density at radius 2 is 2.19 bits per heavy atom. The molecule has 0 amide bonds. The molecule has 3 heteroatoms. The van der Waals surface area contributed by atoms with Crippen molar-refractivity contribution < 1.29 is 5.11 Å². The predicted octanol–water partition coefficient (Wildman–Crippen LogP) is 2.76. The molecule has 2 aromatic rings. The first kappa shape index (κ1) is 11.6. The van der Waals surface area contributed by atoms with Crippen LogP contribution in [0.1, 0.15) is 18.2 Å². The van der Waals surface area contributed by atoms with Crippen LogP contribution in [0.3, 0.4) is 0 Å². The number of thiophene rings is 1. The van der Waals surface area contributed by atoms with Gasteiger partial charge in [0.1, 0.15) is 0 Å². The summed E-state index contributed by atoms with van der Waals surface area (Å²) in [5.74, 6) is 0. The van der Waals surface area contributed by atoms with Crippen LogP contribution < -0.4 is 5.32 Å². The van der Waals surface area contributed by atoms with Crippen LogP contribution in [0.2, 0.25) is 0 Å². The van der Waals surface area contributed by atoms with Crippen molar-refractivity contribution in [1.82, 2.24) is 5.32 Å². The van der Waals surface area contributed by atoms with E-state index in [0.29, 0.717) is 0 Å². The van der Waals surface area contributed by atoms with Crippen LogP contribution in [0, 0.1) is 0 Å². The van der Waals surface area contributed by atoms with Gasteiger partial charge in [-0.15, -0.1) is 11.3 Å². The second kappa shape index (κ2) is 5.43. The zero-order chi connectivity index (χ0) is 11.4. The van der Waals surface area contributed by atoms with Gasteiger partial charge >= 0.3 is 0 Å². The number of fused-ring (bicyclic) bond motifs is 1. The highest BCUT2D eigenvalue weighted by Gasteiger charge is 2.00. The zero-order valence-electron chi connectivity index (χ0n) is 9.44. The number of hydrogen-bond acceptors (Lipinski definition) is 3. The van der Waals surface area contributed by atoms with E-state index in [2.05, 4.69) is 35.6 Å². The number of benzene rings is 1. The molecule has 0 fully saturated rings. The van der Waals surface area contributed by atoms with Crippen LogP contribution >= 0.6 is 11.3 Å². The lowest BCUT2D eigenvalue weighted by Crippen LogP contribution is -2.17. The van der Waals surface area contributed by atoms with Crippen molar-refractivity contribution in [2.75, 3.05) is 6.54 Å². The largest absolute Gasteiger partial charge is 0.393 e. The molecule has 0 saturated heterocycles. The maximum atomic E-state index is 9.13. The predicted molar refractivity (Wildman–Crippen MR) is 69.8 cm³/mol. The lowest BCUT2D eigenvalue weighted by Gasteiger charge is -2.04.